The Bertz CT molecular complexity index is 281. The molecule has 0 aromatic rings. The van der Waals surface area contributed by atoms with Gasteiger partial charge in [0.2, 0.25) is 5.91 Å². The Hall–Kier alpha value is -0.690. The molecule has 2 heterocycles. The maximum atomic E-state index is 11.9. The van der Waals surface area contributed by atoms with Crippen LogP contribution < -0.4 is 10.6 Å². The fraction of sp³-hybridized carbons (Fsp3) is 0.917. The van der Waals surface area contributed by atoms with Crippen LogP contribution in [0.5, 0.6) is 0 Å². The number of piperazine rings is 1. The summed E-state index contributed by atoms with van der Waals surface area (Å²) in [5, 5.41) is 6.19. The van der Waals surface area contributed by atoms with Gasteiger partial charge in [-0.2, -0.15) is 0 Å². The maximum absolute atomic E-state index is 11.9. The average molecular weight is 256 g/mol. The minimum atomic E-state index is -0.189. The van der Waals surface area contributed by atoms with Gasteiger partial charge in [-0.25, -0.2) is 0 Å². The lowest BCUT2D eigenvalue weighted by Crippen LogP contribution is -2.57. The normalized spacial score (nSPS) is 31.2. The zero-order chi connectivity index (χ0) is 13.0. The quantitative estimate of drug-likeness (QED) is 0.633. The second-order valence-corrected chi connectivity index (χ2v) is 5.22. The van der Waals surface area contributed by atoms with Crippen molar-refractivity contribution in [3.05, 3.63) is 0 Å². The third kappa shape index (κ3) is 3.65. The van der Waals surface area contributed by atoms with E-state index >= 15 is 0 Å². The molecule has 0 radical (unpaired) electrons. The van der Waals surface area contributed by atoms with E-state index in [4.69, 9.17) is 4.74 Å². The molecule has 104 valence electrons. The van der Waals surface area contributed by atoms with Gasteiger partial charge in [-0.15, -0.1) is 0 Å². The Morgan fingerprint density at radius 1 is 1.44 bits per heavy atom. The van der Waals surface area contributed by atoms with Crippen LogP contribution in [0.15, 0.2) is 0 Å². The second-order valence-electron chi connectivity index (χ2n) is 5.22. The minimum absolute atomic E-state index is 0.0522. The summed E-state index contributed by atoms with van der Waals surface area (Å²) in [6, 6.07) is 0.211. The van der Waals surface area contributed by atoms with Crippen LogP contribution in [0.1, 0.15) is 0 Å². The summed E-state index contributed by atoms with van der Waals surface area (Å²) in [6.45, 7) is 5.79. The molecular formula is C12H24N4O2. The fourth-order valence-corrected chi connectivity index (χ4v) is 2.40. The molecule has 2 rings (SSSR count). The van der Waals surface area contributed by atoms with Gasteiger partial charge < -0.3 is 20.3 Å². The zero-order valence-corrected chi connectivity index (χ0v) is 11.3. The molecule has 0 saturated carbocycles. The first-order valence-corrected chi connectivity index (χ1v) is 6.64. The number of carbonyl (C=O) groups is 1. The number of nitrogens with one attached hydrogen (secondary N) is 2. The number of morpholine rings is 1. The Kier molecular flexibility index (Phi) is 4.94. The summed E-state index contributed by atoms with van der Waals surface area (Å²) in [4.78, 5) is 16.6. The van der Waals surface area contributed by atoms with Gasteiger partial charge in [-0.1, -0.05) is 0 Å². The van der Waals surface area contributed by atoms with Gasteiger partial charge in [-0.3, -0.25) is 9.69 Å². The third-order valence-electron chi connectivity index (χ3n) is 3.73. The highest BCUT2D eigenvalue weighted by molar-refractivity contribution is 5.82. The molecule has 0 spiro atoms. The topological polar surface area (TPSA) is 56.8 Å². The summed E-state index contributed by atoms with van der Waals surface area (Å²) in [6.07, 6.45) is 0. The van der Waals surface area contributed by atoms with E-state index in [0.29, 0.717) is 25.8 Å². The predicted molar refractivity (Wildman–Crippen MR) is 69.5 cm³/mol. The molecule has 6 heteroatoms. The van der Waals surface area contributed by atoms with Gasteiger partial charge in [0.15, 0.2) is 0 Å². The van der Waals surface area contributed by atoms with Crippen LogP contribution in [0.4, 0.5) is 0 Å². The number of hydrogen-bond acceptors (Lipinski definition) is 5. The number of nitrogens with zero attached hydrogens (tertiary/aromatic N) is 2. The Morgan fingerprint density at radius 2 is 2.28 bits per heavy atom. The fourth-order valence-electron chi connectivity index (χ4n) is 2.40. The van der Waals surface area contributed by atoms with Crippen molar-refractivity contribution >= 4 is 5.91 Å². The van der Waals surface area contributed by atoms with E-state index in [1.165, 1.54) is 0 Å². The second kappa shape index (κ2) is 6.47. The van der Waals surface area contributed by atoms with Crippen LogP contribution in [0, 0.1) is 0 Å². The highest BCUT2D eigenvalue weighted by Crippen LogP contribution is 2.04. The first-order valence-electron chi connectivity index (χ1n) is 6.64. The molecule has 2 fully saturated rings. The van der Waals surface area contributed by atoms with E-state index < -0.39 is 0 Å². The van der Waals surface area contributed by atoms with Crippen molar-refractivity contribution in [1.29, 1.82) is 0 Å². The van der Waals surface area contributed by atoms with Gasteiger partial charge in [0.25, 0.3) is 0 Å². The molecular weight excluding hydrogens is 232 g/mol. The molecule has 2 aliphatic heterocycles. The van der Waals surface area contributed by atoms with Crippen molar-refractivity contribution in [2.75, 3.05) is 60.0 Å². The smallest absolute Gasteiger partial charge is 0.239 e. The van der Waals surface area contributed by atoms with Crippen molar-refractivity contribution in [3.8, 4) is 0 Å². The number of hydrogen-bond donors (Lipinski definition) is 2. The summed E-state index contributed by atoms with van der Waals surface area (Å²) in [5.74, 6) is 0.0522. The summed E-state index contributed by atoms with van der Waals surface area (Å²) < 4.78 is 5.29. The highest BCUT2D eigenvalue weighted by atomic mass is 16.5. The van der Waals surface area contributed by atoms with Crippen LogP contribution in [-0.4, -0.2) is 87.8 Å². The van der Waals surface area contributed by atoms with Crippen LogP contribution in [0.25, 0.3) is 0 Å². The number of carbonyl (C=O) groups excluding carboxylic acids is 1. The number of likely N-dealkylation sites (N-methyl/N-ethyl adjacent to an activating group) is 2. The molecule has 2 aliphatic rings. The number of amides is 1. The molecule has 2 N–H and O–H groups in total. The Balaban J connectivity index is 1.74. The number of rotatable bonds is 3. The summed E-state index contributed by atoms with van der Waals surface area (Å²) in [5.41, 5.74) is 0. The van der Waals surface area contributed by atoms with E-state index in [1.54, 1.807) is 0 Å². The largest absolute Gasteiger partial charge is 0.378 e. The Labute approximate surface area is 109 Å². The van der Waals surface area contributed by atoms with E-state index in [9.17, 15) is 4.79 Å². The highest BCUT2D eigenvalue weighted by Gasteiger charge is 2.25. The minimum Gasteiger partial charge on any atom is -0.378 e. The van der Waals surface area contributed by atoms with Crippen LogP contribution in [-0.2, 0) is 9.53 Å². The summed E-state index contributed by atoms with van der Waals surface area (Å²) >= 11 is 0. The lowest BCUT2D eigenvalue weighted by molar-refractivity contribution is -0.126. The molecule has 0 bridgehead atoms. The predicted octanol–water partition coefficient (Wildman–Crippen LogP) is -1.66. The lowest BCUT2D eigenvalue weighted by atomic mass is 10.1. The Morgan fingerprint density at radius 3 is 3.00 bits per heavy atom. The molecule has 0 aromatic carbocycles. The van der Waals surface area contributed by atoms with Crippen molar-refractivity contribution in [2.45, 2.75) is 12.1 Å². The average Bonchev–Trinajstić information content (AvgIpc) is 2.40. The van der Waals surface area contributed by atoms with Crippen molar-refractivity contribution in [3.63, 3.8) is 0 Å². The van der Waals surface area contributed by atoms with Gasteiger partial charge in [0.05, 0.1) is 13.2 Å². The molecule has 6 nitrogen and oxygen atoms in total. The third-order valence-corrected chi connectivity index (χ3v) is 3.73. The molecule has 2 atom stereocenters. The molecule has 0 aromatic heterocycles. The summed E-state index contributed by atoms with van der Waals surface area (Å²) in [7, 11) is 4.24. The van der Waals surface area contributed by atoms with E-state index in [1.807, 2.05) is 0 Å². The molecule has 0 aliphatic carbocycles. The molecule has 2 saturated heterocycles. The van der Waals surface area contributed by atoms with Crippen molar-refractivity contribution < 1.29 is 9.53 Å². The van der Waals surface area contributed by atoms with Crippen LogP contribution in [0.3, 0.4) is 0 Å². The molecule has 18 heavy (non-hydrogen) atoms. The van der Waals surface area contributed by atoms with Crippen LogP contribution >= 0.6 is 0 Å². The molecule has 1 amide bonds. The first-order chi connectivity index (χ1) is 8.66. The van der Waals surface area contributed by atoms with E-state index in [0.717, 1.165) is 26.2 Å². The standard InChI is InChI=1S/C12H24N4O2/c1-15-4-5-16(2)10(8-15)7-14-12(17)11-9-18-6-3-13-11/h10-11,13H,3-9H2,1-2H3,(H,14,17). The van der Waals surface area contributed by atoms with Crippen molar-refractivity contribution in [1.82, 2.24) is 20.4 Å². The van der Waals surface area contributed by atoms with E-state index in [2.05, 4.69) is 34.5 Å². The van der Waals surface area contributed by atoms with Gasteiger partial charge in [-0.05, 0) is 14.1 Å². The first kappa shape index (κ1) is 13.7. The maximum Gasteiger partial charge on any atom is 0.239 e. The SMILES string of the molecule is CN1CCN(C)C(CNC(=O)C2COCCN2)C1. The van der Waals surface area contributed by atoms with Gasteiger partial charge in [0.1, 0.15) is 6.04 Å². The lowest BCUT2D eigenvalue weighted by Gasteiger charge is -2.38. The van der Waals surface area contributed by atoms with E-state index in [-0.39, 0.29) is 11.9 Å². The van der Waals surface area contributed by atoms with Crippen LogP contribution in [0.2, 0.25) is 0 Å². The van der Waals surface area contributed by atoms with Crippen molar-refractivity contribution in [2.24, 2.45) is 0 Å². The van der Waals surface area contributed by atoms with Gasteiger partial charge >= 0.3 is 0 Å². The molecule has 2 unspecified atom stereocenters. The van der Waals surface area contributed by atoms with Gasteiger partial charge in [0, 0.05) is 38.8 Å². The zero-order valence-electron chi connectivity index (χ0n) is 11.3. The number of ether oxygens (including phenoxy) is 1. The monoisotopic (exact) mass is 256 g/mol.